The van der Waals surface area contributed by atoms with Crippen LogP contribution < -0.4 is 5.32 Å². The van der Waals surface area contributed by atoms with Gasteiger partial charge in [-0.25, -0.2) is 0 Å². The number of piperidine rings is 1. The summed E-state index contributed by atoms with van der Waals surface area (Å²) in [5.74, 6) is 1.36. The van der Waals surface area contributed by atoms with E-state index in [0.29, 0.717) is 30.9 Å². The summed E-state index contributed by atoms with van der Waals surface area (Å²) in [6.45, 7) is 8.59. The molecule has 1 aliphatic carbocycles. The predicted molar refractivity (Wildman–Crippen MR) is 124 cm³/mol. The van der Waals surface area contributed by atoms with Crippen molar-refractivity contribution in [3.63, 3.8) is 0 Å². The first-order valence-corrected chi connectivity index (χ1v) is 12.0. The molecule has 1 aromatic rings. The van der Waals surface area contributed by atoms with Crippen molar-refractivity contribution in [3.8, 4) is 0 Å². The number of aryl methyl sites for hydroxylation is 1. The molecule has 3 rings (SSSR count). The number of benzene rings is 1. The average molecular weight is 433 g/mol. The van der Waals surface area contributed by atoms with E-state index in [2.05, 4.69) is 16.8 Å². The van der Waals surface area contributed by atoms with E-state index in [4.69, 9.17) is 16.3 Å². The molecule has 0 radical (unpaired) electrons. The first kappa shape index (κ1) is 23.3. The van der Waals surface area contributed by atoms with Crippen molar-refractivity contribution in [2.45, 2.75) is 57.4 Å². The highest BCUT2D eigenvalue weighted by Crippen LogP contribution is 2.27. The van der Waals surface area contributed by atoms with Crippen LogP contribution in [0, 0.1) is 11.8 Å². The van der Waals surface area contributed by atoms with Crippen LogP contribution in [0.5, 0.6) is 0 Å². The van der Waals surface area contributed by atoms with Crippen LogP contribution in [0.3, 0.4) is 0 Å². The van der Waals surface area contributed by atoms with Gasteiger partial charge < -0.3 is 15.0 Å². The van der Waals surface area contributed by atoms with Crippen molar-refractivity contribution >= 4 is 17.5 Å². The van der Waals surface area contributed by atoms with Crippen molar-refractivity contribution in [1.82, 2.24) is 10.2 Å². The van der Waals surface area contributed by atoms with Gasteiger partial charge >= 0.3 is 0 Å². The first-order chi connectivity index (χ1) is 14.6. The number of rotatable bonds is 10. The van der Waals surface area contributed by atoms with Crippen LogP contribution in [0.1, 0.15) is 50.5 Å². The molecule has 1 aliphatic heterocycles. The summed E-state index contributed by atoms with van der Waals surface area (Å²) in [6.07, 6.45) is 10.4. The molecular weight excluding hydrogens is 396 g/mol. The Kier molecular flexibility index (Phi) is 9.70. The summed E-state index contributed by atoms with van der Waals surface area (Å²) in [4.78, 5) is 15.2. The van der Waals surface area contributed by atoms with Crippen molar-refractivity contribution in [1.29, 1.82) is 0 Å². The van der Waals surface area contributed by atoms with Crippen molar-refractivity contribution in [2.24, 2.45) is 11.8 Å². The number of halogens is 1. The van der Waals surface area contributed by atoms with Gasteiger partial charge in [-0.05, 0) is 68.2 Å². The Morgan fingerprint density at radius 3 is 2.80 bits per heavy atom. The SMILES string of the molecule is C=CCOCC1CCCN(C[C@@H]2CCCC[C@H]2NC(=O)CCc2ccc(Cl)cc2)C1. The number of ether oxygens (including phenoxy) is 1. The lowest BCUT2D eigenvalue weighted by molar-refractivity contribution is -0.122. The maximum Gasteiger partial charge on any atom is 0.220 e. The number of hydrogen-bond acceptors (Lipinski definition) is 3. The number of carbonyl (C=O) groups is 1. The molecule has 0 spiro atoms. The molecule has 5 heteroatoms. The second-order valence-corrected chi connectivity index (χ2v) is 9.38. The fourth-order valence-electron chi connectivity index (χ4n) is 4.91. The minimum atomic E-state index is 0.177. The van der Waals surface area contributed by atoms with E-state index < -0.39 is 0 Å². The molecule has 166 valence electrons. The Labute approximate surface area is 187 Å². The van der Waals surface area contributed by atoms with Crippen molar-refractivity contribution in [2.75, 3.05) is 32.8 Å². The maximum atomic E-state index is 12.6. The summed E-state index contributed by atoms with van der Waals surface area (Å²) < 4.78 is 5.70. The molecule has 4 nitrogen and oxygen atoms in total. The Bertz CT molecular complexity index is 664. The van der Waals surface area contributed by atoms with Gasteiger partial charge in [-0.2, -0.15) is 0 Å². The van der Waals surface area contributed by atoms with Crippen LogP contribution in [0.15, 0.2) is 36.9 Å². The molecule has 2 fully saturated rings. The van der Waals surface area contributed by atoms with Crippen molar-refractivity contribution < 1.29 is 9.53 Å². The molecule has 1 amide bonds. The van der Waals surface area contributed by atoms with E-state index in [1.54, 1.807) is 0 Å². The van der Waals surface area contributed by atoms with Gasteiger partial charge in [-0.1, -0.05) is 42.7 Å². The van der Waals surface area contributed by atoms with Crippen molar-refractivity contribution in [3.05, 3.63) is 47.5 Å². The Morgan fingerprint density at radius 2 is 2.00 bits per heavy atom. The van der Waals surface area contributed by atoms with Gasteiger partial charge in [-0.15, -0.1) is 6.58 Å². The number of nitrogens with one attached hydrogen (secondary N) is 1. The summed E-state index contributed by atoms with van der Waals surface area (Å²) in [5, 5.41) is 4.10. The highest BCUT2D eigenvalue weighted by Gasteiger charge is 2.30. The van der Waals surface area contributed by atoms with Crippen LogP contribution >= 0.6 is 11.6 Å². The summed E-state index contributed by atoms with van der Waals surface area (Å²) in [7, 11) is 0. The Balaban J connectivity index is 1.45. The average Bonchev–Trinajstić information content (AvgIpc) is 2.75. The second kappa shape index (κ2) is 12.5. The predicted octanol–water partition coefficient (Wildman–Crippen LogP) is 4.86. The Morgan fingerprint density at radius 1 is 1.20 bits per heavy atom. The number of carbonyl (C=O) groups excluding carboxylic acids is 1. The summed E-state index contributed by atoms with van der Waals surface area (Å²) in [5.41, 5.74) is 1.16. The minimum Gasteiger partial charge on any atom is -0.377 e. The third-order valence-electron chi connectivity index (χ3n) is 6.49. The Hall–Kier alpha value is -1.36. The van der Waals surface area contributed by atoms with Gasteiger partial charge in [0.1, 0.15) is 0 Å². The second-order valence-electron chi connectivity index (χ2n) is 8.94. The molecular formula is C25H37ClN2O2. The van der Waals surface area contributed by atoms with Crippen LogP contribution in [-0.2, 0) is 16.0 Å². The van der Waals surface area contributed by atoms with Crippen LogP contribution in [-0.4, -0.2) is 49.7 Å². The molecule has 1 aromatic carbocycles. The zero-order chi connectivity index (χ0) is 21.2. The third-order valence-corrected chi connectivity index (χ3v) is 6.75. The van der Waals surface area contributed by atoms with E-state index in [1.165, 1.54) is 38.6 Å². The molecule has 30 heavy (non-hydrogen) atoms. The number of amides is 1. The fraction of sp³-hybridized carbons (Fsp3) is 0.640. The minimum absolute atomic E-state index is 0.177. The first-order valence-electron chi connectivity index (χ1n) is 11.6. The molecule has 1 saturated heterocycles. The van der Waals surface area contributed by atoms with Gasteiger partial charge in [0.2, 0.25) is 5.91 Å². The number of likely N-dealkylation sites (tertiary alicyclic amines) is 1. The lowest BCUT2D eigenvalue weighted by Crippen LogP contribution is -2.48. The number of nitrogens with zero attached hydrogens (tertiary/aromatic N) is 1. The molecule has 0 bridgehead atoms. The summed E-state index contributed by atoms with van der Waals surface area (Å²) in [6, 6.07) is 8.10. The zero-order valence-corrected chi connectivity index (χ0v) is 18.9. The van der Waals surface area contributed by atoms with Gasteiger partial charge in [0, 0.05) is 30.6 Å². The molecule has 3 atom stereocenters. The normalized spacial score (nSPS) is 25.0. The molecule has 1 heterocycles. The number of hydrogen-bond donors (Lipinski definition) is 1. The third kappa shape index (κ3) is 7.72. The summed E-state index contributed by atoms with van der Waals surface area (Å²) >= 11 is 5.95. The van der Waals surface area contributed by atoms with E-state index in [-0.39, 0.29) is 5.91 Å². The van der Waals surface area contributed by atoms with Gasteiger partial charge in [-0.3, -0.25) is 4.79 Å². The van der Waals surface area contributed by atoms with Crippen LogP contribution in [0.25, 0.3) is 0 Å². The molecule has 1 saturated carbocycles. The molecule has 1 unspecified atom stereocenters. The van der Waals surface area contributed by atoms with Crippen LogP contribution in [0.2, 0.25) is 5.02 Å². The van der Waals surface area contributed by atoms with Gasteiger partial charge in [0.15, 0.2) is 0 Å². The van der Waals surface area contributed by atoms with Gasteiger partial charge in [0.25, 0.3) is 0 Å². The van der Waals surface area contributed by atoms with Gasteiger partial charge in [0.05, 0.1) is 13.2 Å². The monoisotopic (exact) mass is 432 g/mol. The van der Waals surface area contributed by atoms with E-state index in [1.807, 2.05) is 30.3 Å². The lowest BCUT2D eigenvalue weighted by atomic mass is 9.83. The fourth-order valence-corrected chi connectivity index (χ4v) is 5.03. The topological polar surface area (TPSA) is 41.6 Å². The molecule has 1 N–H and O–H groups in total. The van der Waals surface area contributed by atoms with E-state index in [0.717, 1.165) is 43.1 Å². The molecule has 0 aromatic heterocycles. The highest BCUT2D eigenvalue weighted by molar-refractivity contribution is 6.30. The maximum absolute atomic E-state index is 12.6. The smallest absolute Gasteiger partial charge is 0.220 e. The van der Waals surface area contributed by atoms with E-state index >= 15 is 0 Å². The highest BCUT2D eigenvalue weighted by atomic mass is 35.5. The lowest BCUT2D eigenvalue weighted by Gasteiger charge is -2.39. The quantitative estimate of drug-likeness (QED) is 0.424. The molecule has 2 aliphatic rings. The standard InChI is InChI=1S/C25H37ClN2O2/c1-2-16-30-19-21-6-5-15-28(17-21)18-22-7-3-4-8-24(22)27-25(29)14-11-20-9-12-23(26)13-10-20/h2,9-10,12-13,21-22,24H,1,3-8,11,14-19H2,(H,27,29)/t21?,22-,24+/m0/s1. The van der Waals surface area contributed by atoms with E-state index in [9.17, 15) is 4.79 Å². The zero-order valence-electron chi connectivity index (χ0n) is 18.2. The van der Waals surface area contributed by atoms with Crippen LogP contribution in [0.4, 0.5) is 0 Å². The largest absolute Gasteiger partial charge is 0.377 e.